The fraction of sp³-hybridized carbons (Fsp3) is 0.462. The number of anilines is 1. The SMILES string of the molecule is COc1ccc(C(CNC(=O)NC2CCN(c3ccc(C#N)cc3)CC2)N2CCCC2)cc1. The van der Waals surface area contributed by atoms with Crippen molar-refractivity contribution < 1.29 is 9.53 Å². The van der Waals surface area contributed by atoms with Crippen LogP contribution < -0.4 is 20.3 Å². The number of methoxy groups -OCH3 is 1. The smallest absolute Gasteiger partial charge is 0.315 e. The van der Waals surface area contributed by atoms with Gasteiger partial charge in [-0.05, 0) is 80.7 Å². The molecule has 2 fully saturated rings. The van der Waals surface area contributed by atoms with Crippen molar-refractivity contribution in [2.24, 2.45) is 0 Å². The van der Waals surface area contributed by atoms with E-state index in [4.69, 9.17) is 10.00 Å². The molecule has 2 heterocycles. The topological polar surface area (TPSA) is 80.6 Å². The number of hydrogen-bond donors (Lipinski definition) is 2. The molecule has 2 aromatic rings. The average Bonchev–Trinajstić information content (AvgIpc) is 3.40. The van der Waals surface area contributed by atoms with Gasteiger partial charge in [0.1, 0.15) is 5.75 Å². The van der Waals surface area contributed by atoms with E-state index in [9.17, 15) is 4.79 Å². The van der Waals surface area contributed by atoms with Gasteiger partial charge in [0, 0.05) is 31.4 Å². The third-order valence-electron chi connectivity index (χ3n) is 6.73. The first kappa shape index (κ1) is 22.9. The van der Waals surface area contributed by atoms with Crippen molar-refractivity contribution in [3.63, 3.8) is 0 Å². The molecule has 0 radical (unpaired) electrons. The van der Waals surface area contributed by atoms with Gasteiger partial charge in [-0.1, -0.05) is 12.1 Å². The van der Waals surface area contributed by atoms with Crippen LogP contribution in [0.4, 0.5) is 10.5 Å². The van der Waals surface area contributed by atoms with Gasteiger partial charge >= 0.3 is 6.03 Å². The van der Waals surface area contributed by atoms with Gasteiger partial charge in [-0.25, -0.2) is 4.79 Å². The minimum absolute atomic E-state index is 0.0930. The number of nitrogens with zero attached hydrogens (tertiary/aromatic N) is 3. The summed E-state index contributed by atoms with van der Waals surface area (Å²) in [5.74, 6) is 0.844. The molecular formula is C26H33N5O2. The van der Waals surface area contributed by atoms with Crippen molar-refractivity contribution in [1.82, 2.24) is 15.5 Å². The third-order valence-corrected chi connectivity index (χ3v) is 6.73. The number of rotatable bonds is 7. The van der Waals surface area contributed by atoms with Gasteiger partial charge < -0.3 is 20.3 Å². The standard InChI is InChI=1S/C26H33N5O2/c1-33-24-10-6-21(7-11-24)25(31-14-2-3-15-31)19-28-26(32)29-22-12-16-30(17-13-22)23-8-4-20(18-27)5-9-23/h4-11,22,25H,2-3,12-17,19H2,1H3,(H2,28,29,32). The summed E-state index contributed by atoms with van der Waals surface area (Å²) in [6, 6.07) is 18.3. The number of likely N-dealkylation sites (tertiary alicyclic amines) is 1. The lowest BCUT2D eigenvalue weighted by atomic mass is 10.0. The molecule has 1 unspecified atom stereocenters. The second-order valence-electron chi connectivity index (χ2n) is 8.81. The summed E-state index contributed by atoms with van der Waals surface area (Å²) in [6.45, 7) is 4.49. The lowest BCUT2D eigenvalue weighted by molar-refractivity contribution is 0.216. The van der Waals surface area contributed by atoms with Crippen molar-refractivity contribution in [2.75, 3.05) is 44.7 Å². The summed E-state index contributed by atoms with van der Waals surface area (Å²) in [7, 11) is 1.67. The van der Waals surface area contributed by atoms with Gasteiger partial charge in [0.15, 0.2) is 0 Å². The minimum Gasteiger partial charge on any atom is -0.497 e. The van der Waals surface area contributed by atoms with Crippen LogP contribution in [0.2, 0.25) is 0 Å². The van der Waals surface area contributed by atoms with E-state index in [1.54, 1.807) is 7.11 Å². The van der Waals surface area contributed by atoms with Gasteiger partial charge in [0.25, 0.3) is 0 Å². The number of hydrogen-bond acceptors (Lipinski definition) is 5. The molecule has 2 aromatic carbocycles. The van der Waals surface area contributed by atoms with Crippen molar-refractivity contribution in [2.45, 2.75) is 37.8 Å². The highest BCUT2D eigenvalue weighted by atomic mass is 16.5. The maximum atomic E-state index is 12.7. The van der Waals surface area contributed by atoms with Gasteiger partial charge in [-0.15, -0.1) is 0 Å². The van der Waals surface area contributed by atoms with E-state index in [-0.39, 0.29) is 18.1 Å². The Balaban J connectivity index is 1.27. The van der Waals surface area contributed by atoms with Gasteiger partial charge in [0.2, 0.25) is 0 Å². The van der Waals surface area contributed by atoms with Crippen LogP contribution in [0.3, 0.4) is 0 Å². The lowest BCUT2D eigenvalue weighted by Gasteiger charge is -2.34. The maximum Gasteiger partial charge on any atom is 0.315 e. The van der Waals surface area contributed by atoms with Crippen LogP contribution in [0.15, 0.2) is 48.5 Å². The van der Waals surface area contributed by atoms with Crippen molar-refractivity contribution >= 4 is 11.7 Å². The number of benzene rings is 2. The Morgan fingerprint density at radius 2 is 1.73 bits per heavy atom. The Morgan fingerprint density at radius 1 is 1.06 bits per heavy atom. The Labute approximate surface area is 196 Å². The van der Waals surface area contributed by atoms with Crippen LogP contribution in [0.1, 0.15) is 42.9 Å². The van der Waals surface area contributed by atoms with Crippen LogP contribution in [0, 0.1) is 11.3 Å². The van der Waals surface area contributed by atoms with E-state index in [1.807, 2.05) is 36.4 Å². The molecule has 0 saturated carbocycles. The molecule has 0 aliphatic carbocycles. The van der Waals surface area contributed by atoms with Crippen LogP contribution in [-0.4, -0.2) is 56.8 Å². The zero-order chi connectivity index (χ0) is 23.0. The number of nitriles is 1. The zero-order valence-electron chi connectivity index (χ0n) is 19.3. The van der Waals surface area contributed by atoms with Gasteiger partial charge in [-0.2, -0.15) is 5.26 Å². The van der Waals surface area contributed by atoms with Crippen LogP contribution in [-0.2, 0) is 0 Å². The molecule has 1 atom stereocenters. The van der Waals surface area contributed by atoms with Gasteiger partial charge in [-0.3, -0.25) is 4.90 Å². The summed E-state index contributed by atoms with van der Waals surface area (Å²) in [6.07, 6.45) is 4.22. The van der Waals surface area contributed by atoms with E-state index in [0.29, 0.717) is 12.1 Å². The molecule has 2 amide bonds. The molecule has 33 heavy (non-hydrogen) atoms. The highest BCUT2D eigenvalue weighted by molar-refractivity contribution is 5.74. The molecule has 2 N–H and O–H groups in total. The number of carbonyl (C=O) groups excluding carboxylic acids is 1. The van der Waals surface area contributed by atoms with E-state index in [2.05, 4.69) is 38.6 Å². The molecule has 7 nitrogen and oxygen atoms in total. The predicted octanol–water partition coefficient (Wildman–Crippen LogP) is 3.67. The minimum atomic E-state index is -0.0930. The second kappa shape index (κ2) is 11.1. The Morgan fingerprint density at radius 3 is 2.33 bits per heavy atom. The van der Waals surface area contributed by atoms with E-state index >= 15 is 0 Å². The first-order valence-corrected chi connectivity index (χ1v) is 11.8. The number of piperidine rings is 1. The molecule has 4 rings (SSSR count). The molecule has 2 aliphatic heterocycles. The van der Waals surface area contributed by atoms with Crippen molar-refractivity contribution in [3.05, 3.63) is 59.7 Å². The molecule has 2 saturated heterocycles. The normalized spacial score (nSPS) is 17.9. The number of nitrogens with one attached hydrogen (secondary N) is 2. The van der Waals surface area contributed by atoms with Crippen LogP contribution in [0.5, 0.6) is 5.75 Å². The molecule has 0 aromatic heterocycles. The Kier molecular flexibility index (Phi) is 7.69. The van der Waals surface area contributed by atoms with Crippen LogP contribution in [0.25, 0.3) is 0 Å². The number of carbonyl (C=O) groups is 1. The largest absolute Gasteiger partial charge is 0.497 e. The van der Waals surface area contributed by atoms with Crippen molar-refractivity contribution in [1.29, 1.82) is 5.26 Å². The van der Waals surface area contributed by atoms with E-state index in [1.165, 1.54) is 18.4 Å². The molecule has 0 spiro atoms. The summed E-state index contributed by atoms with van der Waals surface area (Å²) in [5, 5.41) is 15.3. The molecule has 2 aliphatic rings. The van der Waals surface area contributed by atoms with Gasteiger partial charge in [0.05, 0.1) is 24.8 Å². The fourth-order valence-corrected chi connectivity index (χ4v) is 4.79. The molecule has 7 heteroatoms. The number of amides is 2. The first-order chi connectivity index (χ1) is 16.2. The monoisotopic (exact) mass is 447 g/mol. The highest BCUT2D eigenvalue weighted by Gasteiger charge is 2.25. The zero-order valence-corrected chi connectivity index (χ0v) is 19.3. The van der Waals surface area contributed by atoms with E-state index in [0.717, 1.165) is 50.5 Å². The quantitative estimate of drug-likeness (QED) is 0.677. The van der Waals surface area contributed by atoms with E-state index < -0.39 is 0 Å². The number of urea groups is 1. The maximum absolute atomic E-state index is 12.7. The molecular weight excluding hydrogens is 414 g/mol. The Hall–Kier alpha value is -3.24. The third kappa shape index (κ3) is 5.96. The van der Waals surface area contributed by atoms with Crippen LogP contribution >= 0.6 is 0 Å². The Bertz CT molecular complexity index is 940. The summed E-state index contributed by atoms with van der Waals surface area (Å²) < 4.78 is 5.29. The fourth-order valence-electron chi connectivity index (χ4n) is 4.79. The summed E-state index contributed by atoms with van der Waals surface area (Å²) in [4.78, 5) is 17.4. The second-order valence-corrected chi connectivity index (χ2v) is 8.81. The summed E-state index contributed by atoms with van der Waals surface area (Å²) >= 11 is 0. The summed E-state index contributed by atoms with van der Waals surface area (Å²) in [5.41, 5.74) is 3.01. The highest BCUT2D eigenvalue weighted by Crippen LogP contribution is 2.26. The average molecular weight is 448 g/mol. The molecule has 0 bridgehead atoms. The molecule has 174 valence electrons. The van der Waals surface area contributed by atoms with Crippen molar-refractivity contribution in [3.8, 4) is 11.8 Å². The number of ether oxygens (including phenoxy) is 1. The lowest BCUT2D eigenvalue weighted by Crippen LogP contribution is -2.49. The predicted molar refractivity (Wildman–Crippen MR) is 129 cm³/mol. The first-order valence-electron chi connectivity index (χ1n) is 11.8.